The molecule has 1 N–H and O–H groups in total. The fourth-order valence-corrected chi connectivity index (χ4v) is 5.40. The third-order valence-electron chi connectivity index (χ3n) is 7.81. The van der Waals surface area contributed by atoms with E-state index in [4.69, 9.17) is 4.74 Å². The number of amides is 3. The lowest BCUT2D eigenvalue weighted by molar-refractivity contribution is -0.170. The molecule has 0 aromatic heterocycles. The molecular formula is C28H39N3O5. The van der Waals surface area contributed by atoms with Gasteiger partial charge >= 0.3 is 5.97 Å². The molecule has 1 aromatic carbocycles. The number of nitrogens with zero attached hydrogens (tertiary/aromatic N) is 2. The Morgan fingerprint density at radius 1 is 0.972 bits per heavy atom. The van der Waals surface area contributed by atoms with Gasteiger partial charge in [-0.25, -0.2) is 0 Å². The molecule has 0 saturated carbocycles. The van der Waals surface area contributed by atoms with E-state index in [-0.39, 0.29) is 35.5 Å². The molecule has 3 fully saturated rings. The summed E-state index contributed by atoms with van der Waals surface area (Å²) in [6.07, 6.45) is 3.78. The van der Waals surface area contributed by atoms with Crippen molar-refractivity contribution in [2.75, 3.05) is 31.1 Å². The highest BCUT2D eigenvalue weighted by Crippen LogP contribution is 2.35. The lowest BCUT2D eigenvalue weighted by Crippen LogP contribution is -2.49. The highest BCUT2D eigenvalue weighted by molar-refractivity contribution is 6.00. The Morgan fingerprint density at radius 2 is 1.58 bits per heavy atom. The standard InChI is InChI=1S/C28H39N3O5/c1-27(2,3)36-26(35)28(4)13-17-31(18-14-28)25(34)20-11-15-30(16-12-20)21-7-5-19(6-8-21)22-9-10-23(32)29-24(22)33/h5-8,20,22H,9-18H2,1-4H3,(H,29,32,33). The van der Waals surface area contributed by atoms with Gasteiger partial charge in [0.05, 0.1) is 11.3 Å². The van der Waals surface area contributed by atoms with Crippen molar-refractivity contribution in [1.29, 1.82) is 0 Å². The molecule has 1 atom stereocenters. The molecule has 196 valence electrons. The maximum Gasteiger partial charge on any atom is 0.312 e. The number of ether oxygens (including phenoxy) is 1. The largest absolute Gasteiger partial charge is 0.460 e. The number of anilines is 1. The van der Waals surface area contributed by atoms with Gasteiger partial charge in [0.25, 0.3) is 0 Å². The second-order valence-corrected chi connectivity index (χ2v) is 11.7. The first-order valence-corrected chi connectivity index (χ1v) is 13.2. The minimum absolute atomic E-state index is 0.00915. The molecular weight excluding hydrogens is 458 g/mol. The van der Waals surface area contributed by atoms with Crippen LogP contribution >= 0.6 is 0 Å². The van der Waals surface area contributed by atoms with E-state index in [1.807, 2.05) is 56.9 Å². The van der Waals surface area contributed by atoms with Crippen molar-refractivity contribution in [1.82, 2.24) is 10.2 Å². The van der Waals surface area contributed by atoms with Crippen LogP contribution in [0.3, 0.4) is 0 Å². The highest BCUT2D eigenvalue weighted by Gasteiger charge is 2.42. The minimum atomic E-state index is -0.534. The van der Waals surface area contributed by atoms with Crippen LogP contribution in [0.2, 0.25) is 0 Å². The van der Waals surface area contributed by atoms with Crippen molar-refractivity contribution < 1.29 is 23.9 Å². The van der Waals surface area contributed by atoms with E-state index in [9.17, 15) is 19.2 Å². The Labute approximate surface area is 213 Å². The normalized spacial score (nSPS) is 23.3. The smallest absolute Gasteiger partial charge is 0.312 e. The average molecular weight is 498 g/mol. The molecule has 8 heteroatoms. The highest BCUT2D eigenvalue weighted by atomic mass is 16.6. The van der Waals surface area contributed by atoms with E-state index < -0.39 is 11.0 Å². The van der Waals surface area contributed by atoms with Crippen LogP contribution in [0.15, 0.2) is 24.3 Å². The summed E-state index contributed by atoms with van der Waals surface area (Å²) in [5.41, 5.74) is 0.972. The Balaban J connectivity index is 1.26. The summed E-state index contributed by atoms with van der Waals surface area (Å²) in [7, 11) is 0. The molecule has 36 heavy (non-hydrogen) atoms. The summed E-state index contributed by atoms with van der Waals surface area (Å²) >= 11 is 0. The Hall–Kier alpha value is -2.90. The van der Waals surface area contributed by atoms with E-state index >= 15 is 0 Å². The zero-order valence-corrected chi connectivity index (χ0v) is 22.0. The molecule has 8 nitrogen and oxygen atoms in total. The van der Waals surface area contributed by atoms with Gasteiger partial charge in [-0.3, -0.25) is 24.5 Å². The first-order valence-electron chi connectivity index (χ1n) is 13.2. The van der Waals surface area contributed by atoms with E-state index in [2.05, 4.69) is 10.2 Å². The van der Waals surface area contributed by atoms with E-state index in [0.29, 0.717) is 38.8 Å². The number of carbonyl (C=O) groups is 4. The molecule has 3 aliphatic rings. The number of imide groups is 1. The Morgan fingerprint density at radius 3 is 2.14 bits per heavy atom. The fraction of sp³-hybridized carbons (Fsp3) is 0.643. The topological polar surface area (TPSA) is 96.0 Å². The second-order valence-electron chi connectivity index (χ2n) is 11.7. The maximum atomic E-state index is 13.2. The third kappa shape index (κ3) is 5.90. The molecule has 3 amide bonds. The number of hydrogen-bond acceptors (Lipinski definition) is 6. The first-order chi connectivity index (χ1) is 16.9. The Bertz CT molecular complexity index is 997. The van der Waals surface area contributed by atoms with Crippen LogP contribution in [0.1, 0.15) is 77.7 Å². The third-order valence-corrected chi connectivity index (χ3v) is 7.81. The summed E-state index contributed by atoms with van der Waals surface area (Å²) in [6, 6.07) is 8.01. The van der Waals surface area contributed by atoms with Crippen molar-refractivity contribution in [3.05, 3.63) is 29.8 Å². The molecule has 4 rings (SSSR count). The van der Waals surface area contributed by atoms with Crippen molar-refractivity contribution in [2.45, 2.75) is 77.7 Å². The van der Waals surface area contributed by atoms with Crippen LogP contribution in [0.5, 0.6) is 0 Å². The number of piperidine rings is 3. The van der Waals surface area contributed by atoms with Crippen LogP contribution < -0.4 is 10.2 Å². The number of carbonyl (C=O) groups excluding carboxylic acids is 4. The van der Waals surface area contributed by atoms with Gasteiger partial charge in [0, 0.05) is 44.2 Å². The van der Waals surface area contributed by atoms with Crippen LogP contribution in [0.25, 0.3) is 0 Å². The van der Waals surface area contributed by atoms with Crippen molar-refractivity contribution in [2.24, 2.45) is 11.3 Å². The van der Waals surface area contributed by atoms with Crippen LogP contribution in [-0.2, 0) is 23.9 Å². The molecule has 3 aliphatic heterocycles. The Kier molecular flexibility index (Phi) is 7.43. The quantitative estimate of drug-likeness (QED) is 0.506. The van der Waals surface area contributed by atoms with Gasteiger partial charge in [-0.1, -0.05) is 12.1 Å². The molecule has 1 aromatic rings. The second kappa shape index (κ2) is 10.2. The monoisotopic (exact) mass is 497 g/mol. The summed E-state index contributed by atoms with van der Waals surface area (Å²) in [6.45, 7) is 10.4. The fourth-order valence-electron chi connectivity index (χ4n) is 5.40. The van der Waals surface area contributed by atoms with E-state index in [1.54, 1.807) is 0 Å². The van der Waals surface area contributed by atoms with Gasteiger partial charge in [-0.15, -0.1) is 0 Å². The molecule has 0 aliphatic carbocycles. The summed E-state index contributed by atoms with van der Waals surface area (Å²) < 4.78 is 5.62. The molecule has 1 unspecified atom stereocenters. The zero-order chi connectivity index (χ0) is 26.1. The maximum absolute atomic E-state index is 13.2. The van der Waals surface area contributed by atoms with E-state index in [0.717, 1.165) is 37.2 Å². The van der Waals surface area contributed by atoms with Crippen LogP contribution in [0, 0.1) is 11.3 Å². The zero-order valence-electron chi connectivity index (χ0n) is 22.0. The molecule has 0 bridgehead atoms. The SMILES string of the molecule is CC(C)(C)OC(=O)C1(C)CCN(C(=O)C2CCN(c3ccc(C4CCC(=O)NC4=O)cc3)CC2)CC1. The van der Waals surface area contributed by atoms with Gasteiger partial charge in [0.15, 0.2) is 0 Å². The number of benzene rings is 1. The van der Waals surface area contributed by atoms with Crippen molar-refractivity contribution in [3.8, 4) is 0 Å². The lowest BCUT2D eigenvalue weighted by Gasteiger charge is -2.41. The first kappa shape index (κ1) is 26.2. The predicted molar refractivity (Wildman–Crippen MR) is 136 cm³/mol. The molecule has 3 heterocycles. The molecule has 0 spiro atoms. The van der Waals surface area contributed by atoms with Crippen molar-refractivity contribution in [3.63, 3.8) is 0 Å². The summed E-state index contributed by atoms with van der Waals surface area (Å²) in [5.74, 6) is -0.654. The van der Waals surface area contributed by atoms with Gasteiger partial charge in [0.1, 0.15) is 5.60 Å². The molecule has 3 saturated heterocycles. The number of hydrogen-bond donors (Lipinski definition) is 1. The van der Waals surface area contributed by atoms with Crippen LogP contribution in [0.4, 0.5) is 5.69 Å². The number of esters is 1. The van der Waals surface area contributed by atoms with E-state index in [1.165, 1.54) is 0 Å². The number of likely N-dealkylation sites (tertiary alicyclic amines) is 1. The van der Waals surface area contributed by atoms with Gasteiger partial charge in [0.2, 0.25) is 17.7 Å². The average Bonchev–Trinajstić information content (AvgIpc) is 2.83. The lowest BCUT2D eigenvalue weighted by atomic mass is 9.79. The summed E-state index contributed by atoms with van der Waals surface area (Å²) in [5, 5.41) is 2.42. The number of nitrogens with one attached hydrogen (secondary N) is 1. The molecule has 0 radical (unpaired) electrons. The summed E-state index contributed by atoms with van der Waals surface area (Å²) in [4.78, 5) is 53.6. The van der Waals surface area contributed by atoms with Gasteiger partial charge in [-0.05, 0) is 77.5 Å². The number of rotatable bonds is 4. The van der Waals surface area contributed by atoms with Crippen molar-refractivity contribution >= 4 is 29.4 Å². The predicted octanol–water partition coefficient (Wildman–Crippen LogP) is 3.39. The van der Waals surface area contributed by atoms with Gasteiger partial charge in [-0.2, -0.15) is 0 Å². The van der Waals surface area contributed by atoms with Crippen LogP contribution in [-0.4, -0.2) is 60.4 Å². The van der Waals surface area contributed by atoms with Gasteiger partial charge < -0.3 is 14.5 Å². The minimum Gasteiger partial charge on any atom is -0.460 e.